The standard InChI is InChI=1S/C14H21N3O3/c1-9-4-3-5-11(10(9)2)17-13(18)8-12(14(19)20)16-7-6-15/h3-5,12,16H,6-8,15H2,1-2H3,(H,17,18)(H,19,20)/t12-/m0/s1. The van der Waals surface area contributed by atoms with E-state index in [9.17, 15) is 9.59 Å². The van der Waals surface area contributed by atoms with Crippen LogP contribution in [-0.2, 0) is 9.59 Å². The predicted octanol–water partition coefficient (Wildman–Crippen LogP) is 0.634. The number of amides is 1. The Morgan fingerprint density at radius 3 is 2.65 bits per heavy atom. The first-order valence-electron chi connectivity index (χ1n) is 6.48. The number of carboxylic acids is 1. The van der Waals surface area contributed by atoms with Gasteiger partial charge in [-0.15, -0.1) is 0 Å². The van der Waals surface area contributed by atoms with Gasteiger partial charge in [0.15, 0.2) is 0 Å². The van der Waals surface area contributed by atoms with Crippen LogP contribution >= 0.6 is 0 Å². The minimum Gasteiger partial charge on any atom is -0.480 e. The molecule has 0 radical (unpaired) electrons. The number of carbonyl (C=O) groups excluding carboxylic acids is 1. The lowest BCUT2D eigenvalue weighted by Crippen LogP contribution is -2.41. The van der Waals surface area contributed by atoms with Gasteiger partial charge in [0.2, 0.25) is 5.91 Å². The molecule has 6 nitrogen and oxygen atoms in total. The molecule has 20 heavy (non-hydrogen) atoms. The summed E-state index contributed by atoms with van der Waals surface area (Å²) in [5.41, 5.74) is 8.06. The molecular formula is C14H21N3O3. The van der Waals surface area contributed by atoms with Crippen molar-refractivity contribution in [2.45, 2.75) is 26.3 Å². The molecule has 1 amide bonds. The average Bonchev–Trinajstić information content (AvgIpc) is 2.39. The molecule has 0 bridgehead atoms. The van der Waals surface area contributed by atoms with Crippen molar-refractivity contribution in [1.29, 1.82) is 0 Å². The van der Waals surface area contributed by atoms with Crippen molar-refractivity contribution >= 4 is 17.6 Å². The molecule has 0 aliphatic carbocycles. The molecule has 1 atom stereocenters. The largest absolute Gasteiger partial charge is 0.480 e. The van der Waals surface area contributed by atoms with E-state index in [0.717, 1.165) is 11.1 Å². The molecule has 6 heteroatoms. The van der Waals surface area contributed by atoms with Crippen molar-refractivity contribution in [3.8, 4) is 0 Å². The fraction of sp³-hybridized carbons (Fsp3) is 0.429. The Hall–Kier alpha value is -1.92. The lowest BCUT2D eigenvalue weighted by Gasteiger charge is -2.15. The second kappa shape index (κ2) is 7.62. The van der Waals surface area contributed by atoms with Crippen molar-refractivity contribution in [2.75, 3.05) is 18.4 Å². The van der Waals surface area contributed by atoms with Crippen molar-refractivity contribution in [3.63, 3.8) is 0 Å². The van der Waals surface area contributed by atoms with Crippen LogP contribution in [0, 0.1) is 13.8 Å². The van der Waals surface area contributed by atoms with Gasteiger partial charge in [0, 0.05) is 18.8 Å². The summed E-state index contributed by atoms with van der Waals surface area (Å²) in [5.74, 6) is -1.40. The third kappa shape index (κ3) is 4.64. The van der Waals surface area contributed by atoms with Crippen LogP contribution in [0.2, 0.25) is 0 Å². The Kier molecular flexibility index (Phi) is 6.14. The van der Waals surface area contributed by atoms with Gasteiger partial charge in [0.1, 0.15) is 6.04 Å². The summed E-state index contributed by atoms with van der Waals surface area (Å²) >= 11 is 0. The van der Waals surface area contributed by atoms with E-state index in [2.05, 4.69) is 10.6 Å². The first kappa shape index (κ1) is 16.1. The smallest absolute Gasteiger partial charge is 0.321 e. The maximum Gasteiger partial charge on any atom is 0.321 e. The summed E-state index contributed by atoms with van der Waals surface area (Å²) in [5, 5.41) is 14.5. The number of aryl methyl sites for hydroxylation is 1. The maximum atomic E-state index is 11.9. The molecule has 0 aliphatic heterocycles. The van der Waals surface area contributed by atoms with Gasteiger partial charge in [0.25, 0.3) is 0 Å². The molecule has 0 unspecified atom stereocenters. The number of nitrogens with two attached hydrogens (primary N) is 1. The van der Waals surface area contributed by atoms with Gasteiger partial charge in [-0.2, -0.15) is 0 Å². The van der Waals surface area contributed by atoms with Crippen molar-refractivity contribution in [2.24, 2.45) is 5.73 Å². The normalized spacial score (nSPS) is 11.9. The van der Waals surface area contributed by atoms with Crippen molar-refractivity contribution in [1.82, 2.24) is 5.32 Å². The molecule has 1 rings (SSSR count). The van der Waals surface area contributed by atoms with E-state index < -0.39 is 12.0 Å². The Morgan fingerprint density at radius 2 is 2.05 bits per heavy atom. The second-order valence-electron chi connectivity index (χ2n) is 4.63. The van der Waals surface area contributed by atoms with Gasteiger partial charge in [-0.1, -0.05) is 12.1 Å². The topological polar surface area (TPSA) is 104 Å². The predicted molar refractivity (Wildman–Crippen MR) is 77.6 cm³/mol. The first-order chi connectivity index (χ1) is 9.45. The highest BCUT2D eigenvalue weighted by Gasteiger charge is 2.20. The lowest BCUT2D eigenvalue weighted by molar-refractivity contribution is -0.141. The van der Waals surface area contributed by atoms with Crippen molar-refractivity contribution < 1.29 is 14.7 Å². The highest BCUT2D eigenvalue weighted by atomic mass is 16.4. The van der Waals surface area contributed by atoms with Crippen LogP contribution in [0.15, 0.2) is 18.2 Å². The van der Waals surface area contributed by atoms with Crippen LogP contribution in [0.1, 0.15) is 17.5 Å². The molecular weight excluding hydrogens is 258 g/mol. The minimum absolute atomic E-state index is 0.136. The van der Waals surface area contributed by atoms with Gasteiger partial charge in [-0.05, 0) is 31.0 Å². The molecule has 0 saturated heterocycles. The molecule has 1 aromatic carbocycles. The number of carboxylic acid groups (broad SMARTS) is 1. The third-order valence-electron chi connectivity index (χ3n) is 3.10. The number of nitrogens with one attached hydrogen (secondary N) is 2. The number of hydrogen-bond acceptors (Lipinski definition) is 4. The Labute approximate surface area is 118 Å². The SMILES string of the molecule is Cc1cccc(NC(=O)C[C@H](NCCN)C(=O)O)c1C. The molecule has 0 fully saturated rings. The molecule has 110 valence electrons. The summed E-state index contributed by atoms with van der Waals surface area (Å²) in [6.45, 7) is 4.54. The van der Waals surface area contributed by atoms with Crippen LogP contribution < -0.4 is 16.4 Å². The molecule has 0 heterocycles. The molecule has 1 aromatic rings. The van der Waals surface area contributed by atoms with E-state index in [0.29, 0.717) is 18.8 Å². The summed E-state index contributed by atoms with van der Waals surface area (Å²) in [6.07, 6.45) is -0.136. The average molecular weight is 279 g/mol. The highest BCUT2D eigenvalue weighted by Crippen LogP contribution is 2.18. The van der Waals surface area contributed by atoms with E-state index in [1.165, 1.54) is 0 Å². The fourth-order valence-corrected chi connectivity index (χ4v) is 1.78. The highest BCUT2D eigenvalue weighted by molar-refractivity contribution is 5.94. The zero-order chi connectivity index (χ0) is 15.1. The summed E-state index contributed by atoms with van der Waals surface area (Å²) < 4.78 is 0. The van der Waals surface area contributed by atoms with E-state index in [1.807, 2.05) is 26.0 Å². The van der Waals surface area contributed by atoms with Gasteiger partial charge in [-0.25, -0.2) is 0 Å². The van der Waals surface area contributed by atoms with Gasteiger partial charge in [-0.3, -0.25) is 9.59 Å². The summed E-state index contributed by atoms with van der Waals surface area (Å²) in [7, 11) is 0. The third-order valence-corrected chi connectivity index (χ3v) is 3.10. The molecule has 0 aliphatic rings. The van der Waals surface area contributed by atoms with E-state index in [1.54, 1.807) is 6.07 Å². The number of hydrogen-bond donors (Lipinski definition) is 4. The van der Waals surface area contributed by atoms with Crippen molar-refractivity contribution in [3.05, 3.63) is 29.3 Å². The van der Waals surface area contributed by atoms with Crippen LogP contribution in [0.3, 0.4) is 0 Å². The maximum absolute atomic E-state index is 11.9. The Morgan fingerprint density at radius 1 is 1.35 bits per heavy atom. The Balaban J connectivity index is 2.66. The second-order valence-corrected chi connectivity index (χ2v) is 4.63. The molecule has 0 spiro atoms. The van der Waals surface area contributed by atoms with E-state index in [4.69, 9.17) is 10.8 Å². The van der Waals surface area contributed by atoms with Gasteiger partial charge < -0.3 is 21.5 Å². The van der Waals surface area contributed by atoms with Crippen LogP contribution in [0.4, 0.5) is 5.69 Å². The van der Waals surface area contributed by atoms with E-state index >= 15 is 0 Å². The van der Waals surface area contributed by atoms with Crippen LogP contribution in [0.25, 0.3) is 0 Å². The fourth-order valence-electron chi connectivity index (χ4n) is 1.78. The quantitative estimate of drug-likeness (QED) is 0.586. The first-order valence-corrected chi connectivity index (χ1v) is 6.48. The summed E-state index contributed by atoms with van der Waals surface area (Å²) in [4.78, 5) is 22.9. The Bertz CT molecular complexity index is 489. The zero-order valence-electron chi connectivity index (χ0n) is 11.8. The molecule has 0 aromatic heterocycles. The van der Waals surface area contributed by atoms with Gasteiger partial charge in [0.05, 0.1) is 6.42 Å². The monoisotopic (exact) mass is 279 g/mol. The number of aliphatic carboxylic acids is 1. The number of rotatable bonds is 7. The molecule has 0 saturated carbocycles. The number of carbonyl (C=O) groups is 2. The minimum atomic E-state index is -1.06. The van der Waals surface area contributed by atoms with Crippen LogP contribution in [0.5, 0.6) is 0 Å². The van der Waals surface area contributed by atoms with E-state index in [-0.39, 0.29) is 12.3 Å². The zero-order valence-corrected chi connectivity index (χ0v) is 11.8. The molecule has 5 N–H and O–H groups in total. The number of anilines is 1. The van der Waals surface area contributed by atoms with Crippen LogP contribution in [-0.4, -0.2) is 36.1 Å². The van der Waals surface area contributed by atoms with Gasteiger partial charge >= 0.3 is 5.97 Å². The lowest BCUT2D eigenvalue weighted by atomic mass is 10.1. The summed E-state index contributed by atoms with van der Waals surface area (Å²) in [6, 6.07) is 4.67. The number of benzene rings is 1.